The van der Waals surface area contributed by atoms with Crippen LogP contribution < -0.4 is 16.0 Å². The standard InChI is InChI=1S/C25H28N4O6/c1-29(2)12-20(22(30)28-21-18(24(32)33)11-26-23(21)31)27-25(34)35-13-19-16-9-5-3-7-14(16)15-8-4-6-10-17(15)19/h3-10,18-21H,11-13H2,1-2H3,(H,26,31)(H,27,34)(H,28,30)(H,32,33)/t18?,20-,21?/m0/s1. The topological polar surface area (TPSA) is 137 Å². The van der Waals surface area contributed by atoms with Gasteiger partial charge in [-0.15, -0.1) is 0 Å². The van der Waals surface area contributed by atoms with Crippen molar-refractivity contribution in [3.05, 3.63) is 59.7 Å². The Morgan fingerprint density at radius 2 is 1.69 bits per heavy atom. The van der Waals surface area contributed by atoms with Crippen molar-refractivity contribution in [1.82, 2.24) is 20.9 Å². The van der Waals surface area contributed by atoms with Gasteiger partial charge < -0.3 is 30.7 Å². The molecule has 0 spiro atoms. The number of amides is 3. The number of benzene rings is 2. The van der Waals surface area contributed by atoms with E-state index < -0.39 is 41.9 Å². The number of rotatable bonds is 8. The molecule has 10 nitrogen and oxygen atoms in total. The Kier molecular flexibility index (Phi) is 7.02. The average molecular weight is 481 g/mol. The summed E-state index contributed by atoms with van der Waals surface area (Å²) in [6.07, 6.45) is -0.778. The van der Waals surface area contributed by atoms with E-state index in [1.807, 2.05) is 48.5 Å². The van der Waals surface area contributed by atoms with Gasteiger partial charge in [0.15, 0.2) is 0 Å². The molecule has 0 bridgehead atoms. The predicted octanol–water partition coefficient (Wildman–Crippen LogP) is 0.771. The molecule has 2 aromatic carbocycles. The summed E-state index contributed by atoms with van der Waals surface area (Å²) in [4.78, 5) is 50.7. The maximum Gasteiger partial charge on any atom is 0.407 e. The molecule has 4 rings (SSSR count). The van der Waals surface area contributed by atoms with Gasteiger partial charge in [0.25, 0.3) is 0 Å². The van der Waals surface area contributed by atoms with Gasteiger partial charge in [-0.3, -0.25) is 14.4 Å². The highest BCUT2D eigenvalue weighted by Crippen LogP contribution is 2.44. The van der Waals surface area contributed by atoms with Crippen molar-refractivity contribution >= 4 is 23.9 Å². The zero-order chi connectivity index (χ0) is 25.1. The number of carbonyl (C=O) groups is 4. The molecule has 0 saturated carbocycles. The SMILES string of the molecule is CN(C)C[C@H](NC(=O)OCC1c2ccccc2-c2ccccc21)C(=O)NC1C(=O)NCC1C(=O)O. The predicted molar refractivity (Wildman–Crippen MR) is 127 cm³/mol. The van der Waals surface area contributed by atoms with E-state index in [4.69, 9.17) is 4.74 Å². The van der Waals surface area contributed by atoms with Crippen LogP contribution in [0.3, 0.4) is 0 Å². The van der Waals surface area contributed by atoms with Gasteiger partial charge in [0.05, 0.1) is 0 Å². The van der Waals surface area contributed by atoms with Crippen molar-refractivity contribution in [3.8, 4) is 11.1 Å². The zero-order valence-corrected chi connectivity index (χ0v) is 19.5. The number of nitrogens with one attached hydrogen (secondary N) is 3. The van der Waals surface area contributed by atoms with Crippen LogP contribution in [0.1, 0.15) is 17.0 Å². The number of nitrogens with zero attached hydrogens (tertiary/aromatic N) is 1. The molecule has 2 aliphatic rings. The van der Waals surface area contributed by atoms with E-state index in [0.29, 0.717) is 0 Å². The Morgan fingerprint density at radius 3 is 2.26 bits per heavy atom. The van der Waals surface area contributed by atoms with Gasteiger partial charge in [0.2, 0.25) is 11.8 Å². The molecule has 1 fully saturated rings. The lowest BCUT2D eigenvalue weighted by Crippen LogP contribution is -2.56. The van der Waals surface area contributed by atoms with E-state index in [1.54, 1.807) is 19.0 Å². The molecule has 2 aromatic rings. The first-order valence-electron chi connectivity index (χ1n) is 11.3. The van der Waals surface area contributed by atoms with Crippen LogP contribution >= 0.6 is 0 Å². The fourth-order valence-corrected chi connectivity index (χ4v) is 4.61. The molecule has 1 aliphatic carbocycles. The van der Waals surface area contributed by atoms with Crippen molar-refractivity contribution in [2.45, 2.75) is 18.0 Å². The second-order valence-electron chi connectivity index (χ2n) is 8.96. The second kappa shape index (κ2) is 10.1. The van der Waals surface area contributed by atoms with Gasteiger partial charge in [0, 0.05) is 19.0 Å². The van der Waals surface area contributed by atoms with Gasteiger partial charge in [-0.2, -0.15) is 0 Å². The molecule has 2 unspecified atom stereocenters. The number of fused-ring (bicyclic) bond motifs is 3. The first kappa shape index (κ1) is 24.2. The van der Waals surface area contributed by atoms with Crippen LogP contribution in [0.25, 0.3) is 11.1 Å². The third-order valence-corrected chi connectivity index (χ3v) is 6.30. The number of likely N-dealkylation sites (N-methyl/N-ethyl adjacent to an activating group) is 1. The number of carboxylic acids is 1. The van der Waals surface area contributed by atoms with Crippen LogP contribution in [-0.4, -0.2) is 79.8 Å². The summed E-state index contributed by atoms with van der Waals surface area (Å²) in [5, 5.41) is 16.8. The number of alkyl carbamates (subject to hydrolysis) is 1. The largest absolute Gasteiger partial charge is 0.481 e. The maximum absolute atomic E-state index is 12.9. The van der Waals surface area contributed by atoms with Crippen molar-refractivity contribution < 1.29 is 29.0 Å². The van der Waals surface area contributed by atoms with E-state index >= 15 is 0 Å². The summed E-state index contributed by atoms with van der Waals surface area (Å²) < 4.78 is 5.53. The summed E-state index contributed by atoms with van der Waals surface area (Å²) in [6, 6.07) is 13.6. The lowest BCUT2D eigenvalue weighted by molar-refractivity contribution is -0.143. The molecule has 4 N–H and O–H groups in total. The fourth-order valence-electron chi connectivity index (χ4n) is 4.61. The van der Waals surface area contributed by atoms with Crippen molar-refractivity contribution in [2.75, 3.05) is 33.8 Å². The minimum atomic E-state index is -1.21. The molecule has 35 heavy (non-hydrogen) atoms. The second-order valence-corrected chi connectivity index (χ2v) is 8.96. The number of ether oxygens (including phenoxy) is 1. The van der Waals surface area contributed by atoms with Crippen molar-refractivity contribution in [1.29, 1.82) is 0 Å². The van der Waals surface area contributed by atoms with Crippen molar-refractivity contribution in [2.24, 2.45) is 5.92 Å². The Hall–Kier alpha value is -3.92. The van der Waals surface area contributed by atoms with Crippen LogP contribution in [-0.2, 0) is 19.1 Å². The summed E-state index contributed by atoms with van der Waals surface area (Å²) >= 11 is 0. The summed E-state index contributed by atoms with van der Waals surface area (Å²) in [7, 11) is 3.45. The molecule has 10 heteroatoms. The molecule has 3 amide bonds. The van der Waals surface area contributed by atoms with Gasteiger partial charge >= 0.3 is 12.1 Å². The highest BCUT2D eigenvalue weighted by atomic mass is 16.5. The van der Waals surface area contributed by atoms with Gasteiger partial charge in [-0.05, 0) is 36.3 Å². The Labute approximate surface area is 202 Å². The van der Waals surface area contributed by atoms with Crippen molar-refractivity contribution in [3.63, 3.8) is 0 Å². The monoisotopic (exact) mass is 480 g/mol. The lowest BCUT2D eigenvalue weighted by atomic mass is 9.98. The van der Waals surface area contributed by atoms with Gasteiger partial charge in [0.1, 0.15) is 24.6 Å². The highest BCUT2D eigenvalue weighted by molar-refractivity contribution is 5.96. The summed E-state index contributed by atoms with van der Waals surface area (Å²) in [5.41, 5.74) is 4.33. The molecular formula is C25H28N4O6. The molecule has 3 atom stereocenters. The average Bonchev–Trinajstić information content (AvgIpc) is 3.35. The quantitative estimate of drug-likeness (QED) is 0.438. The van der Waals surface area contributed by atoms with E-state index in [2.05, 4.69) is 16.0 Å². The number of aliphatic carboxylic acids is 1. The van der Waals surface area contributed by atoms with E-state index in [-0.39, 0.29) is 25.6 Å². The van der Waals surface area contributed by atoms with Crippen LogP contribution in [0, 0.1) is 5.92 Å². The zero-order valence-electron chi connectivity index (χ0n) is 19.5. The Bertz CT molecular complexity index is 1100. The molecule has 184 valence electrons. The smallest absolute Gasteiger partial charge is 0.407 e. The van der Waals surface area contributed by atoms with E-state index in [1.165, 1.54) is 0 Å². The molecule has 1 heterocycles. The lowest BCUT2D eigenvalue weighted by Gasteiger charge is -2.24. The fraction of sp³-hybridized carbons (Fsp3) is 0.360. The molecule has 0 radical (unpaired) electrons. The first-order valence-corrected chi connectivity index (χ1v) is 11.3. The molecule has 1 aliphatic heterocycles. The van der Waals surface area contributed by atoms with E-state index in [9.17, 15) is 24.3 Å². The third kappa shape index (κ3) is 5.12. The summed E-state index contributed by atoms with van der Waals surface area (Å²) in [5.74, 6) is -3.65. The highest BCUT2D eigenvalue weighted by Gasteiger charge is 2.41. The normalized spacial score (nSPS) is 19.5. The first-order chi connectivity index (χ1) is 16.8. The van der Waals surface area contributed by atoms with Crippen LogP contribution in [0.15, 0.2) is 48.5 Å². The summed E-state index contributed by atoms with van der Waals surface area (Å²) in [6.45, 7) is 0.141. The number of hydrogen-bond acceptors (Lipinski definition) is 6. The molecule has 0 aromatic heterocycles. The number of carbonyl (C=O) groups excluding carboxylic acids is 3. The van der Waals surface area contributed by atoms with Gasteiger partial charge in [-0.25, -0.2) is 4.79 Å². The Balaban J connectivity index is 1.42. The van der Waals surface area contributed by atoms with E-state index in [0.717, 1.165) is 22.3 Å². The molecule has 1 saturated heterocycles. The number of hydrogen-bond donors (Lipinski definition) is 4. The maximum atomic E-state index is 12.9. The Morgan fingerprint density at radius 1 is 1.09 bits per heavy atom. The van der Waals surface area contributed by atoms with Crippen LogP contribution in [0.5, 0.6) is 0 Å². The van der Waals surface area contributed by atoms with Gasteiger partial charge in [-0.1, -0.05) is 48.5 Å². The number of carboxylic acid groups (broad SMARTS) is 1. The minimum Gasteiger partial charge on any atom is -0.481 e. The minimum absolute atomic E-state index is 0.0722. The van der Waals surface area contributed by atoms with Crippen LogP contribution in [0.4, 0.5) is 4.79 Å². The van der Waals surface area contributed by atoms with Crippen LogP contribution in [0.2, 0.25) is 0 Å². The third-order valence-electron chi connectivity index (χ3n) is 6.30. The molecular weight excluding hydrogens is 452 g/mol.